The monoisotopic (exact) mass is 390 g/mol. The van der Waals surface area contributed by atoms with Crippen LogP contribution in [-0.2, 0) is 26.3 Å². The summed E-state index contributed by atoms with van der Waals surface area (Å²) in [5.74, 6) is 0.869. The zero-order chi connectivity index (χ0) is 20.0. The Morgan fingerprint density at radius 2 is 2.00 bits per heavy atom. The molecule has 0 bridgehead atoms. The molecule has 0 aliphatic heterocycles. The maximum atomic E-state index is 4.75. The lowest BCUT2D eigenvalue weighted by Crippen LogP contribution is -2.43. The zero-order valence-electron chi connectivity index (χ0n) is 17.8. The average Bonchev–Trinajstić information content (AvgIpc) is 3.08. The molecule has 0 spiro atoms. The third-order valence-corrected chi connectivity index (χ3v) is 5.84. The topological polar surface area (TPSA) is 67.1 Å². The van der Waals surface area contributed by atoms with Crippen LogP contribution in [0.4, 0.5) is 0 Å². The fraction of sp³-hybridized carbons (Fsp3) is 0.650. The fourth-order valence-corrected chi connectivity index (χ4v) is 4.22. The van der Waals surface area contributed by atoms with Crippen molar-refractivity contribution in [2.75, 3.05) is 13.1 Å². The van der Waals surface area contributed by atoms with E-state index in [9.17, 15) is 0 Å². The van der Waals surface area contributed by atoms with E-state index in [1.807, 2.05) is 11.7 Å². The molecule has 150 valence electrons. The second-order valence-corrected chi connectivity index (χ2v) is 8.28. The largest absolute Gasteiger partial charge is 0.357 e. The molecule has 0 aromatic carbocycles. The lowest BCUT2D eigenvalue weighted by Gasteiger charge is -2.18. The van der Waals surface area contributed by atoms with Gasteiger partial charge in [0, 0.05) is 43.2 Å². The van der Waals surface area contributed by atoms with Crippen molar-refractivity contribution in [2.45, 2.75) is 66.8 Å². The first-order chi connectivity index (χ1) is 12.8. The minimum Gasteiger partial charge on any atom is -0.357 e. The second-order valence-electron chi connectivity index (χ2n) is 7.00. The number of nitrogens with zero attached hydrogens (tertiary/aromatic N) is 4. The summed E-state index contributed by atoms with van der Waals surface area (Å²) in [4.78, 5) is 10.8. The first-order valence-corrected chi connectivity index (χ1v) is 10.7. The molecular formula is C20H34N6S. The maximum Gasteiger partial charge on any atom is 0.191 e. The highest BCUT2D eigenvalue weighted by Crippen LogP contribution is 2.18. The summed E-state index contributed by atoms with van der Waals surface area (Å²) in [5.41, 5.74) is 4.88. The Morgan fingerprint density at radius 3 is 2.56 bits per heavy atom. The van der Waals surface area contributed by atoms with Gasteiger partial charge in [-0.15, -0.1) is 11.3 Å². The molecule has 6 nitrogen and oxygen atoms in total. The van der Waals surface area contributed by atoms with Gasteiger partial charge in [0.2, 0.25) is 0 Å². The van der Waals surface area contributed by atoms with E-state index < -0.39 is 0 Å². The van der Waals surface area contributed by atoms with E-state index in [1.54, 1.807) is 11.3 Å². The van der Waals surface area contributed by atoms with Crippen molar-refractivity contribution in [1.82, 2.24) is 25.4 Å². The number of nitrogens with one attached hydrogen (secondary N) is 2. The van der Waals surface area contributed by atoms with Gasteiger partial charge in [0.25, 0.3) is 0 Å². The Hall–Kier alpha value is -1.89. The minimum atomic E-state index is 0.276. The summed E-state index contributed by atoms with van der Waals surface area (Å²) in [6, 6.07) is 0.276. The summed E-state index contributed by atoms with van der Waals surface area (Å²) >= 11 is 1.79. The summed E-state index contributed by atoms with van der Waals surface area (Å²) in [7, 11) is 2.00. The van der Waals surface area contributed by atoms with Crippen LogP contribution in [0, 0.1) is 20.8 Å². The van der Waals surface area contributed by atoms with Crippen LogP contribution in [0.15, 0.2) is 4.99 Å². The predicted octanol–water partition coefficient (Wildman–Crippen LogP) is 3.09. The Morgan fingerprint density at radius 1 is 1.26 bits per heavy atom. The maximum absolute atomic E-state index is 4.75. The summed E-state index contributed by atoms with van der Waals surface area (Å²) < 4.78 is 1.96. The number of aliphatic imine (C=N–C) groups is 1. The first-order valence-electron chi connectivity index (χ1n) is 9.84. The summed E-state index contributed by atoms with van der Waals surface area (Å²) in [5, 5.41) is 12.6. The quantitative estimate of drug-likeness (QED) is 0.537. The number of hydrogen-bond acceptors (Lipinski definition) is 4. The van der Waals surface area contributed by atoms with E-state index in [0.29, 0.717) is 0 Å². The van der Waals surface area contributed by atoms with Crippen LogP contribution in [-0.4, -0.2) is 39.9 Å². The highest BCUT2D eigenvalue weighted by molar-refractivity contribution is 7.11. The first kappa shape index (κ1) is 21.4. The SMILES string of the molecule is CCNC(=NCCc1nc(CC)c(C)s1)NC(C)Cc1c(C)nn(C)c1C. The number of rotatable bonds is 8. The van der Waals surface area contributed by atoms with E-state index in [0.717, 1.165) is 44.0 Å². The van der Waals surface area contributed by atoms with Gasteiger partial charge < -0.3 is 10.6 Å². The van der Waals surface area contributed by atoms with Crippen LogP contribution in [0.25, 0.3) is 0 Å². The van der Waals surface area contributed by atoms with Crippen LogP contribution >= 0.6 is 11.3 Å². The van der Waals surface area contributed by atoms with Gasteiger partial charge in [-0.1, -0.05) is 6.92 Å². The zero-order valence-corrected chi connectivity index (χ0v) is 18.6. The van der Waals surface area contributed by atoms with Gasteiger partial charge in [0.1, 0.15) is 0 Å². The molecule has 2 aromatic rings. The molecule has 0 aliphatic carbocycles. The third-order valence-electron chi connectivity index (χ3n) is 4.76. The molecule has 1 atom stereocenters. The normalized spacial score (nSPS) is 13.1. The van der Waals surface area contributed by atoms with Crippen molar-refractivity contribution in [3.63, 3.8) is 0 Å². The van der Waals surface area contributed by atoms with Crippen molar-refractivity contribution in [1.29, 1.82) is 0 Å². The molecule has 0 saturated heterocycles. The number of hydrogen-bond donors (Lipinski definition) is 2. The smallest absolute Gasteiger partial charge is 0.191 e. The highest BCUT2D eigenvalue weighted by Gasteiger charge is 2.14. The molecule has 27 heavy (non-hydrogen) atoms. The van der Waals surface area contributed by atoms with E-state index in [1.165, 1.54) is 26.8 Å². The van der Waals surface area contributed by atoms with Crippen molar-refractivity contribution in [3.8, 4) is 0 Å². The van der Waals surface area contributed by atoms with Crippen molar-refractivity contribution >= 4 is 17.3 Å². The molecule has 0 radical (unpaired) electrons. The standard InChI is InChI=1S/C20H34N6S/c1-8-18-16(6)27-19(24-18)10-11-22-20(21-9-2)23-13(3)12-17-14(4)25-26(7)15(17)5/h13H,8-12H2,1-7H3,(H2,21,22,23). The van der Waals surface area contributed by atoms with Crippen LogP contribution in [0.2, 0.25) is 0 Å². The second kappa shape index (κ2) is 9.88. The number of aryl methyl sites for hydroxylation is 4. The van der Waals surface area contributed by atoms with Crippen molar-refractivity contribution < 1.29 is 0 Å². The molecule has 0 aliphatic rings. The Kier molecular flexibility index (Phi) is 7.83. The summed E-state index contributed by atoms with van der Waals surface area (Å²) in [6.07, 6.45) is 2.82. The number of guanidine groups is 1. The average molecular weight is 391 g/mol. The number of aromatic nitrogens is 3. The number of thiazole rings is 1. The van der Waals surface area contributed by atoms with Gasteiger partial charge in [-0.25, -0.2) is 4.98 Å². The van der Waals surface area contributed by atoms with E-state index in [2.05, 4.69) is 57.3 Å². The van der Waals surface area contributed by atoms with Crippen LogP contribution in [0.3, 0.4) is 0 Å². The highest BCUT2D eigenvalue weighted by atomic mass is 32.1. The molecule has 2 heterocycles. The molecule has 0 fully saturated rings. The van der Waals surface area contributed by atoms with Gasteiger partial charge in [-0.2, -0.15) is 5.10 Å². The van der Waals surface area contributed by atoms with Gasteiger partial charge in [-0.05, 0) is 53.0 Å². The Labute approximate surface area is 167 Å². The third kappa shape index (κ3) is 5.79. The van der Waals surface area contributed by atoms with E-state index >= 15 is 0 Å². The minimum absolute atomic E-state index is 0.276. The summed E-state index contributed by atoms with van der Waals surface area (Å²) in [6.45, 7) is 14.4. The molecule has 2 N–H and O–H groups in total. The van der Waals surface area contributed by atoms with Gasteiger partial charge in [0.05, 0.1) is 16.4 Å². The lowest BCUT2D eigenvalue weighted by molar-refractivity contribution is 0.635. The fourth-order valence-electron chi connectivity index (χ4n) is 3.21. The Bertz CT molecular complexity index is 774. The van der Waals surface area contributed by atoms with Crippen LogP contribution < -0.4 is 10.6 Å². The van der Waals surface area contributed by atoms with Crippen LogP contribution in [0.5, 0.6) is 0 Å². The van der Waals surface area contributed by atoms with E-state index in [4.69, 9.17) is 9.98 Å². The van der Waals surface area contributed by atoms with Gasteiger partial charge in [-0.3, -0.25) is 9.67 Å². The molecule has 1 unspecified atom stereocenters. The van der Waals surface area contributed by atoms with Crippen molar-refractivity contribution in [2.24, 2.45) is 12.0 Å². The van der Waals surface area contributed by atoms with Crippen molar-refractivity contribution in [3.05, 3.63) is 32.5 Å². The molecule has 7 heteroatoms. The molecule has 2 rings (SSSR count). The molecule has 0 amide bonds. The Balaban J connectivity index is 1.95. The molecule has 0 saturated carbocycles. The van der Waals surface area contributed by atoms with Gasteiger partial charge >= 0.3 is 0 Å². The lowest BCUT2D eigenvalue weighted by atomic mass is 10.1. The van der Waals surface area contributed by atoms with Crippen LogP contribution in [0.1, 0.15) is 53.3 Å². The van der Waals surface area contributed by atoms with E-state index in [-0.39, 0.29) is 6.04 Å². The molecular weight excluding hydrogens is 356 g/mol. The molecule has 2 aromatic heterocycles. The van der Waals surface area contributed by atoms with Gasteiger partial charge in [0.15, 0.2) is 5.96 Å². The predicted molar refractivity (Wildman–Crippen MR) is 115 cm³/mol.